The fourth-order valence-electron chi connectivity index (χ4n) is 3.98. The summed E-state index contributed by atoms with van der Waals surface area (Å²) in [5, 5.41) is 7.46. The lowest BCUT2D eigenvalue weighted by Crippen LogP contribution is -2.19. The SMILES string of the molecule is COc1ccccc1[C@@H](Nc1nc(C)cc(C)n1)c1c(NC(=O)c2ccccc2)sc(C)c1C. The number of benzene rings is 2. The van der Waals surface area contributed by atoms with E-state index in [2.05, 4.69) is 34.4 Å². The minimum absolute atomic E-state index is 0.149. The average molecular weight is 473 g/mol. The lowest BCUT2D eigenvalue weighted by atomic mass is 9.95. The third-order valence-corrected chi connectivity index (χ3v) is 6.83. The zero-order valence-electron chi connectivity index (χ0n) is 20.0. The van der Waals surface area contributed by atoms with E-state index in [-0.39, 0.29) is 11.9 Å². The number of anilines is 2. The molecule has 2 N–H and O–H groups in total. The fourth-order valence-corrected chi connectivity index (χ4v) is 5.07. The number of methoxy groups -OCH3 is 1. The molecule has 7 heteroatoms. The second-order valence-electron chi connectivity index (χ2n) is 8.14. The van der Waals surface area contributed by atoms with Crippen LogP contribution in [-0.2, 0) is 0 Å². The maximum Gasteiger partial charge on any atom is 0.256 e. The van der Waals surface area contributed by atoms with Crippen molar-refractivity contribution >= 4 is 28.2 Å². The predicted molar refractivity (Wildman–Crippen MR) is 138 cm³/mol. The van der Waals surface area contributed by atoms with Gasteiger partial charge in [0.2, 0.25) is 5.95 Å². The highest BCUT2D eigenvalue weighted by molar-refractivity contribution is 7.16. The summed E-state index contributed by atoms with van der Waals surface area (Å²) in [6.07, 6.45) is 0. The van der Waals surface area contributed by atoms with Crippen LogP contribution in [0.25, 0.3) is 0 Å². The molecule has 2 aromatic heterocycles. The second-order valence-corrected chi connectivity index (χ2v) is 9.36. The van der Waals surface area contributed by atoms with E-state index < -0.39 is 0 Å². The van der Waals surface area contributed by atoms with Gasteiger partial charge in [-0.05, 0) is 57.5 Å². The van der Waals surface area contributed by atoms with Crippen molar-refractivity contribution < 1.29 is 9.53 Å². The molecule has 1 amide bonds. The lowest BCUT2D eigenvalue weighted by Gasteiger charge is -2.24. The molecule has 34 heavy (non-hydrogen) atoms. The highest BCUT2D eigenvalue weighted by atomic mass is 32.1. The molecule has 2 heterocycles. The van der Waals surface area contributed by atoms with Crippen LogP contribution >= 0.6 is 11.3 Å². The maximum absolute atomic E-state index is 13.0. The van der Waals surface area contributed by atoms with Crippen molar-refractivity contribution in [2.45, 2.75) is 33.7 Å². The molecule has 2 aromatic carbocycles. The number of hydrogen-bond acceptors (Lipinski definition) is 6. The first kappa shape index (κ1) is 23.4. The summed E-state index contributed by atoms with van der Waals surface area (Å²) < 4.78 is 5.71. The highest BCUT2D eigenvalue weighted by Crippen LogP contribution is 2.43. The Balaban J connectivity index is 1.83. The Kier molecular flexibility index (Phi) is 6.93. The van der Waals surface area contributed by atoms with Crippen LogP contribution in [0.5, 0.6) is 5.75 Å². The number of para-hydroxylation sites is 1. The number of ether oxygens (including phenoxy) is 1. The number of thiophene rings is 1. The van der Waals surface area contributed by atoms with Gasteiger partial charge in [0.15, 0.2) is 0 Å². The van der Waals surface area contributed by atoms with Gasteiger partial charge in [0, 0.05) is 33.0 Å². The number of amides is 1. The van der Waals surface area contributed by atoms with Crippen molar-refractivity contribution in [1.29, 1.82) is 0 Å². The number of carbonyl (C=O) groups is 1. The Hall–Kier alpha value is -3.71. The van der Waals surface area contributed by atoms with Gasteiger partial charge in [-0.25, -0.2) is 9.97 Å². The average Bonchev–Trinajstić information content (AvgIpc) is 3.10. The third kappa shape index (κ3) is 4.94. The minimum Gasteiger partial charge on any atom is -0.496 e. The fraction of sp³-hybridized carbons (Fsp3) is 0.222. The largest absolute Gasteiger partial charge is 0.496 e. The molecule has 0 saturated carbocycles. The van der Waals surface area contributed by atoms with Crippen LogP contribution in [0.15, 0.2) is 60.7 Å². The molecule has 0 aliphatic rings. The Labute approximate surface area is 204 Å². The maximum atomic E-state index is 13.0. The molecule has 174 valence electrons. The Bertz CT molecular complexity index is 1300. The van der Waals surface area contributed by atoms with Gasteiger partial charge in [-0.15, -0.1) is 11.3 Å². The van der Waals surface area contributed by atoms with Crippen LogP contribution in [0, 0.1) is 27.7 Å². The van der Waals surface area contributed by atoms with Crippen molar-refractivity contribution in [1.82, 2.24) is 9.97 Å². The van der Waals surface area contributed by atoms with Gasteiger partial charge in [0.05, 0.1) is 13.2 Å². The van der Waals surface area contributed by atoms with Crippen molar-refractivity contribution in [3.63, 3.8) is 0 Å². The van der Waals surface area contributed by atoms with Crippen LogP contribution in [0.3, 0.4) is 0 Å². The predicted octanol–water partition coefficient (Wildman–Crippen LogP) is 6.23. The van der Waals surface area contributed by atoms with Crippen LogP contribution in [0.4, 0.5) is 10.9 Å². The van der Waals surface area contributed by atoms with E-state index in [1.807, 2.05) is 74.5 Å². The lowest BCUT2D eigenvalue weighted by molar-refractivity contribution is 0.102. The molecule has 4 rings (SSSR count). The molecular formula is C27H28N4O2S. The molecule has 0 fully saturated rings. The first-order chi connectivity index (χ1) is 16.4. The van der Waals surface area contributed by atoms with Gasteiger partial charge in [-0.3, -0.25) is 4.79 Å². The molecule has 0 unspecified atom stereocenters. The first-order valence-corrected chi connectivity index (χ1v) is 11.9. The van der Waals surface area contributed by atoms with E-state index in [1.165, 1.54) is 0 Å². The van der Waals surface area contributed by atoms with Crippen LogP contribution in [-0.4, -0.2) is 23.0 Å². The highest BCUT2D eigenvalue weighted by Gasteiger charge is 2.27. The van der Waals surface area contributed by atoms with Crippen molar-refractivity contribution in [2.75, 3.05) is 17.7 Å². The molecule has 0 bridgehead atoms. The Morgan fingerprint density at radius 3 is 2.26 bits per heavy atom. The summed E-state index contributed by atoms with van der Waals surface area (Å²) >= 11 is 1.56. The quantitative estimate of drug-likeness (QED) is 0.333. The van der Waals surface area contributed by atoms with E-state index >= 15 is 0 Å². The number of carbonyl (C=O) groups excluding carboxylic acids is 1. The van der Waals surface area contributed by atoms with Gasteiger partial charge in [0.25, 0.3) is 5.91 Å². The summed E-state index contributed by atoms with van der Waals surface area (Å²) in [5.74, 6) is 1.12. The summed E-state index contributed by atoms with van der Waals surface area (Å²) in [7, 11) is 1.66. The van der Waals surface area contributed by atoms with E-state index in [4.69, 9.17) is 4.74 Å². The summed E-state index contributed by atoms with van der Waals surface area (Å²) in [5.41, 5.74) is 5.37. The number of hydrogen-bond donors (Lipinski definition) is 2. The van der Waals surface area contributed by atoms with Crippen molar-refractivity contribution in [3.8, 4) is 5.75 Å². The zero-order valence-corrected chi connectivity index (χ0v) is 20.8. The third-order valence-electron chi connectivity index (χ3n) is 5.69. The van der Waals surface area contributed by atoms with Crippen molar-refractivity contribution in [3.05, 3.63) is 99.2 Å². The zero-order chi connectivity index (χ0) is 24.2. The summed E-state index contributed by atoms with van der Waals surface area (Å²) in [4.78, 5) is 23.4. The van der Waals surface area contributed by atoms with Gasteiger partial charge >= 0.3 is 0 Å². The molecule has 0 spiro atoms. The van der Waals surface area contributed by atoms with E-state index in [0.717, 1.165) is 43.7 Å². The van der Waals surface area contributed by atoms with Gasteiger partial charge in [-0.1, -0.05) is 36.4 Å². The number of aromatic nitrogens is 2. The van der Waals surface area contributed by atoms with Crippen LogP contribution < -0.4 is 15.4 Å². The molecular weight excluding hydrogens is 444 g/mol. The molecule has 6 nitrogen and oxygen atoms in total. The number of aryl methyl sites for hydroxylation is 3. The van der Waals surface area contributed by atoms with Gasteiger partial charge in [0.1, 0.15) is 10.8 Å². The van der Waals surface area contributed by atoms with E-state index in [9.17, 15) is 4.79 Å². The van der Waals surface area contributed by atoms with E-state index in [0.29, 0.717) is 11.5 Å². The Morgan fingerprint density at radius 1 is 0.941 bits per heavy atom. The Morgan fingerprint density at radius 2 is 1.59 bits per heavy atom. The number of rotatable bonds is 7. The van der Waals surface area contributed by atoms with Gasteiger partial charge < -0.3 is 15.4 Å². The summed E-state index contributed by atoms with van der Waals surface area (Å²) in [6, 6.07) is 18.7. The topological polar surface area (TPSA) is 76.1 Å². The molecule has 0 aliphatic heterocycles. The first-order valence-electron chi connectivity index (χ1n) is 11.1. The summed E-state index contributed by atoms with van der Waals surface area (Å²) in [6.45, 7) is 8.03. The van der Waals surface area contributed by atoms with Crippen LogP contribution in [0.2, 0.25) is 0 Å². The minimum atomic E-state index is -0.339. The smallest absolute Gasteiger partial charge is 0.256 e. The molecule has 0 radical (unpaired) electrons. The molecule has 1 atom stereocenters. The second kappa shape index (κ2) is 10.1. The van der Waals surface area contributed by atoms with Crippen LogP contribution in [0.1, 0.15) is 49.4 Å². The molecule has 0 aliphatic carbocycles. The number of nitrogens with one attached hydrogen (secondary N) is 2. The van der Waals surface area contributed by atoms with E-state index in [1.54, 1.807) is 18.4 Å². The standard InChI is InChI=1S/C27H28N4O2S/c1-16-15-17(2)29-27(28-16)30-24(21-13-9-10-14-22(21)33-5)23-18(3)19(4)34-26(23)31-25(32)20-11-7-6-8-12-20/h6-15,24H,1-5H3,(H,31,32)(H,28,29,30)/t24-/m1/s1. The normalized spacial score (nSPS) is 11.7. The monoisotopic (exact) mass is 472 g/mol. The van der Waals surface area contributed by atoms with Crippen molar-refractivity contribution in [2.24, 2.45) is 0 Å². The number of nitrogens with zero attached hydrogens (tertiary/aromatic N) is 2. The van der Waals surface area contributed by atoms with Gasteiger partial charge in [-0.2, -0.15) is 0 Å². The molecule has 4 aromatic rings. The molecule has 0 saturated heterocycles.